The SMILES string of the molecule is C/C=C/CCC1CCC(C2CCc3cc(C#N)c(P)cc3C2)CC1. The van der Waals surface area contributed by atoms with Gasteiger partial charge in [-0.2, -0.15) is 5.26 Å². The minimum Gasteiger partial charge on any atom is -0.192 e. The zero-order valence-electron chi connectivity index (χ0n) is 14.9. The summed E-state index contributed by atoms with van der Waals surface area (Å²) in [5.41, 5.74) is 3.76. The van der Waals surface area contributed by atoms with Crippen molar-refractivity contribution in [3.63, 3.8) is 0 Å². The fourth-order valence-electron chi connectivity index (χ4n) is 4.80. The zero-order chi connectivity index (χ0) is 16.9. The normalized spacial score (nSPS) is 27.0. The van der Waals surface area contributed by atoms with Crippen LogP contribution in [0.25, 0.3) is 0 Å². The van der Waals surface area contributed by atoms with Crippen molar-refractivity contribution in [2.75, 3.05) is 0 Å². The molecule has 1 aromatic rings. The second-order valence-corrected chi connectivity index (χ2v) is 8.37. The molecule has 2 aliphatic rings. The molecule has 128 valence electrons. The molecule has 0 bridgehead atoms. The van der Waals surface area contributed by atoms with E-state index < -0.39 is 0 Å². The van der Waals surface area contributed by atoms with Crippen LogP contribution in [0.1, 0.15) is 68.6 Å². The van der Waals surface area contributed by atoms with Crippen LogP contribution in [0.2, 0.25) is 0 Å². The molecule has 1 saturated carbocycles. The Bertz CT molecular complexity index is 632. The van der Waals surface area contributed by atoms with Gasteiger partial charge in [0.1, 0.15) is 0 Å². The van der Waals surface area contributed by atoms with Gasteiger partial charge in [-0.1, -0.05) is 31.1 Å². The minimum atomic E-state index is 0.832. The van der Waals surface area contributed by atoms with Crippen LogP contribution >= 0.6 is 9.24 Å². The van der Waals surface area contributed by atoms with E-state index in [1.165, 1.54) is 68.9 Å². The van der Waals surface area contributed by atoms with E-state index in [-0.39, 0.29) is 0 Å². The maximum Gasteiger partial charge on any atom is 0.0998 e. The molecule has 0 radical (unpaired) electrons. The van der Waals surface area contributed by atoms with E-state index in [2.05, 4.69) is 46.5 Å². The topological polar surface area (TPSA) is 23.8 Å². The highest BCUT2D eigenvalue weighted by Gasteiger charge is 2.30. The predicted octanol–water partition coefficient (Wildman–Crippen LogP) is 5.33. The molecule has 0 aromatic heterocycles. The number of hydrogen-bond donors (Lipinski definition) is 0. The summed E-state index contributed by atoms with van der Waals surface area (Å²) in [4.78, 5) is 0. The second kappa shape index (κ2) is 8.31. The van der Waals surface area contributed by atoms with E-state index in [0.29, 0.717) is 0 Å². The highest BCUT2D eigenvalue weighted by Crippen LogP contribution is 2.40. The standard InChI is InChI=1S/C22H30NP/c1-2-3-4-5-16-6-8-17(9-7-16)18-10-11-19-13-21(15-23)22(24)14-20(19)12-18/h2-3,13-14,16-18H,4-12,24H2,1H3/b3-2+. The molecule has 1 aromatic carbocycles. The third-order valence-electron chi connectivity index (χ3n) is 6.29. The Balaban J connectivity index is 1.57. The number of hydrogen-bond acceptors (Lipinski definition) is 1. The average Bonchev–Trinajstić information content (AvgIpc) is 2.61. The van der Waals surface area contributed by atoms with Gasteiger partial charge < -0.3 is 0 Å². The van der Waals surface area contributed by atoms with Crippen LogP contribution in [0.5, 0.6) is 0 Å². The summed E-state index contributed by atoms with van der Waals surface area (Å²) >= 11 is 0. The van der Waals surface area contributed by atoms with Crippen LogP contribution in [0.3, 0.4) is 0 Å². The molecule has 2 heteroatoms. The molecule has 0 aliphatic heterocycles. The van der Waals surface area contributed by atoms with Gasteiger partial charge in [0, 0.05) is 0 Å². The van der Waals surface area contributed by atoms with Gasteiger partial charge in [0.25, 0.3) is 0 Å². The third kappa shape index (κ3) is 4.10. The summed E-state index contributed by atoms with van der Waals surface area (Å²) < 4.78 is 0. The maximum absolute atomic E-state index is 9.21. The molecule has 0 amide bonds. The number of allylic oxidation sites excluding steroid dienone is 2. The lowest BCUT2D eigenvalue weighted by atomic mass is 9.69. The molecule has 0 spiro atoms. The number of nitriles is 1. The Morgan fingerprint density at radius 2 is 1.92 bits per heavy atom. The molecular weight excluding hydrogens is 309 g/mol. The molecule has 2 atom stereocenters. The monoisotopic (exact) mass is 339 g/mol. The largest absolute Gasteiger partial charge is 0.192 e. The third-order valence-corrected chi connectivity index (χ3v) is 6.77. The lowest BCUT2D eigenvalue weighted by Gasteiger charge is -2.36. The van der Waals surface area contributed by atoms with E-state index >= 15 is 0 Å². The molecule has 24 heavy (non-hydrogen) atoms. The Kier molecular flexibility index (Phi) is 6.13. The molecule has 1 nitrogen and oxygen atoms in total. The highest BCUT2D eigenvalue weighted by molar-refractivity contribution is 7.27. The van der Waals surface area contributed by atoms with Crippen LogP contribution < -0.4 is 5.30 Å². The van der Waals surface area contributed by atoms with Gasteiger partial charge >= 0.3 is 0 Å². The predicted molar refractivity (Wildman–Crippen MR) is 106 cm³/mol. The van der Waals surface area contributed by atoms with Crippen molar-refractivity contribution in [2.45, 2.75) is 64.7 Å². The fourth-order valence-corrected chi connectivity index (χ4v) is 5.15. The number of rotatable bonds is 4. The van der Waals surface area contributed by atoms with Gasteiger partial charge in [-0.05, 0) is 92.1 Å². The average molecular weight is 339 g/mol. The number of aryl methyl sites for hydroxylation is 1. The van der Waals surface area contributed by atoms with Crippen molar-refractivity contribution < 1.29 is 0 Å². The van der Waals surface area contributed by atoms with E-state index in [9.17, 15) is 5.26 Å². The van der Waals surface area contributed by atoms with Crippen molar-refractivity contribution in [3.8, 4) is 6.07 Å². The van der Waals surface area contributed by atoms with Crippen LogP contribution in [-0.2, 0) is 12.8 Å². The lowest BCUT2D eigenvalue weighted by Crippen LogP contribution is -2.27. The summed E-state index contributed by atoms with van der Waals surface area (Å²) in [6.45, 7) is 2.12. The maximum atomic E-state index is 9.21. The van der Waals surface area contributed by atoms with Crippen LogP contribution in [-0.4, -0.2) is 0 Å². The molecule has 2 unspecified atom stereocenters. The van der Waals surface area contributed by atoms with Gasteiger partial charge in [-0.25, -0.2) is 0 Å². The molecule has 1 fully saturated rings. The van der Waals surface area contributed by atoms with Crippen LogP contribution in [0.15, 0.2) is 24.3 Å². The van der Waals surface area contributed by atoms with E-state index in [1.807, 2.05) is 0 Å². The summed E-state index contributed by atoms with van der Waals surface area (Å²) in [5.74, 6) is 2.76. The quantitative estimate of drug-likeness (QED) is 0.537. The van der Waals surface area contributed by atoms with Gasteiger partial charge in [0.05, 0.1) is 11.6 Å². The molecule has 3 rings (SSSR count). The van der Waals surface area contributed by atoms with Gasteiger partial charge in [0.2, 0.25) is 0 Å². The van der Waals surface area contributed by atoms with Crippen molar-refractivity contribution in [3.05, 3.63) is 41.0 Å². The van der Waals surface area contributed by atoms with Crippen molar-refractivity contribution in [1.82, 2.24) is 0 Å². The van der Waals surface area contributed by atoms with E-state index in [1.54, 1.807) is 0 Å². The molecule has 2 aliphatic carbocycles. The lowest BCUT2D eigenvalue weighted by molar-refractivity contribution is 0.185. The first-order valence-corrected chi connectivity index (χ1v) is 10.2. The molecule has 0 N–H and O–H groups in total. The Morgan fingerprint density at radius 3 is 2.62 bits per heavy atom. The summed E-state index contributed by atoms with van der Waals surface area (Å²) in [6, 6.07) is 6.71. The Hall–Kier alpha value is -1.12. The van der Waals surface area contributed by atoms with Gasteiger partial charge in [0.15, 0.2) is 0 Å². The van der Waals surface area contributed by atoms with Crippen molar-refractivity contribution in [2.24, 2.45) is 17.8 Å². The van der Waals surface area contributed by atoms with Crippen molar-refractivity contribution in [1.29, 1.82) is 5.26 Å². The zero-order valence-corrected chi connectivity index (χ0v) is 16.1. The van der Waals surface area contributed by atoms with E-state index in [4.69, 9.17) is 0 Å². The van der Waals surface area contributed by atoms with Crippen molar-refractivity contribution >= 4 is 14.5 Å². The Labute approximate surface area is 149 Å². The fraction of sp³-hybridized carbons (Fsp3) is 0.591. The molecule has 0 saturated heterocycles. The second-order valence-electron chi connectivity index (χ2n) is 7.75. The molecular formula is C22H30NP. The number of benzene rings is 1. The summed E-state index contributed by atoms with van der Waals surface area (Å²) in [5, 5.41) is 10.3. The first kappa shape index (κ1) is 17.7. The highest BCUT2D eigenvalue weighted by atomic mass is 31.0. The van der Waals surface area contributed by atoms with Crippen LogP contribution in [0, 0.1) is 29.1 Å². The smallest absolute Gasteiger partial charge is 0.0998 e. The Morgan fingerprint density at radius 1 is 1.12 bits per heavy atom. The van der Waals surface area contributed by atoms with Crippen LogP contribution in [0.4, 0.5) is 0 Å². The first-order valence-electron chi connectivity index (χ1n) is 9.63. The summed E-state index contributed by atoms with van der Waals surface area (Å²) in [6.07, 6.45) is 16.6. The summed E-state index contributed by atoms with van der Waals surface area (Å²) in [7, 11) is 2.74. The van der Waals surface area contributed by atoms with Gasteiger partial charge in [-0.3, -0.25) is 0 Å². The first-order chi connectivity index (χ1) is 11.7. The number of fused-ring (bicyclic) bond motifs is 1. The molecule has 0 heterocycles. The number of nitrogens with zero attached hydrogens (tertiary/aromatic N) is 1. The van der Waals surface area contributed by atoms with Gasteiger partial charge in [-0.15, -0.1) is 9.24 Å². The minimum absolute atomic E-state index is 0.832. The van der Waals surface area contributed by atoms with E-state index in [0.717, 1.165) is 28.6 Å².